The first-order valence-corrected chi connectivity index (χ1v) is 8.26. The summed E-state index contributed by atoms with van der Waals surface area (Å²) in [6.45, 7) is 0.922. The highest BCUT2D eigenvalue weighted by molar-refractivity contribution is 5.95. The van der Waals surface area contributed by atoms with Crippen LogP contribution in [0.5, 0.6) is 0 Å². The van der Waals surface area contributed by atoms with Gasteiger partial charge in [-0.05, 0) is 30.7 Å². The van der Waals surface area contributed by atoms with Gasteiger partial charge in [0, 0.05) is 43.2 Å². The van der Waals surface area contributed by atoms with Crippen LogP contribution in [0.4, 0.5) is 13.2 Å². The highest BCUT2D eigenvalue weighted by Crippen LogP contribution is 2.35. The number of hydroxylamine groups is 2. The molecule has 1 aromatic carbocycles. The summed E-state index contributed by atoms with van der Waals surface area (Å²) in [4.78, 5) is 20.6. The number of aliphatic imine (C=N–C) groups is 1. The van der Waals surface area contributed by atoms with Crippen molar-refractivity contribution in [2.45, 2.75) is 31.0 Å². The van der Waals surface area contributed by atoms with Gasteiger partial charge in [-0.2, -0.15) is 13.2 Å². The van der Waals surface area contributed by atoms with Gasteiger partial charge in [-0.3, -0.25) is 19.9 Å². The van der Waals surface area contributed by atoms with E-state index in [0.29, 0.717) is 19.5 Å². The number of halogens is 3. The minimum atomic E-state index is -4.48. The van der Waals surface area contributed by atoms with Crippen LogP contribution in [0.3, 0.4) is 0 Å². The summed E-state index contributed by atoms with van der Waals surface area (Å²) in [5, 5.41) is 10.9. The zero-order chi connectivity index (χ0) is 18.5. The average molecular weight is 366 g/mol. The van der Waals surface area contributed by atoms with E-state index in [1.54, 1.807) is 17.2 Å². The fourth-order valence-electron chi connectivity index (χ4n) is 3.86. The van der Waals surface area contributed by atoms with Crippen molar-refractivity contribution in [2.24, 2.45) is 4.99 Å². The molecule has 2 bridgehead atoms. The second kappa shape index (κ2) is 6.10. The number of benzene rings is 1. The number of carbonyl (C=O) groups excluding carboxylic acids is 1. The lowest BCUT2D eigenvalue weighted by Gasteiger charge is -2.39. The number of rotatable bonds is 2. The number of hydrogen-bond acceptors (Lipinski definition) is 5. The molecule has 0 radical (unpaired) electrons. The third kappa shape index (κ3) is 2.86. The number of likely N-dealkylation sites (tertiary alicyclic amines) is 2. The lowest BCUT2D eigenvalue weighted by molar-refractivity contribution is -0.137. The molecule has 1 unspecified atom stereocenters. The molecule has 2 fully saturated rings. The molecule has 6 nitrogen and oxygen atoms in total. The van der Waals surface area contributed by atoms with Gasteiger partial charge in [0.15, 0.2) is 0 Å². The molecule has 1 aromatic rings. The quantitative estimate of drug-likeness (QED) is 0.872. The average Bonchev–Trinajstić information content (AvgIpc) is 3.21. The van der Waals surface area contributed by atoms with Gasteiger partial charge in [-0.15, -0.1) is 0 Å². The van der Waals surface area contributed by atoms with E-state index in [2.05, 4.69) is 4.99 Å². The van der Waals surface area contributed by atoms with E-state index in [1.165, 1.54) is 18.3 Å². The Balaban J connectivity index is 1.48. The van der Waals surface area contributed by atoms with E-state index >= 15 is 0 Å². The number of nitrogens with zero attached hydrogens (tertiary/aromatic N) is 4. The van der Waals surface area contributed by atoms with Gasteiger partial charge >= 0.3 is 6.18 Å². The van der Waals surface area contributed by atoms with Crippen molar-refractivity contribution in [2.75, 3.05) is 13.1 Å². The van der Waals surface area contributed by atoms with E-state index in [4.69, 9.17) is 0 Å². The van der Waals surface area contributed by atoms with E-state index in [1.807, 2.05) is 4.90 Å². The Bertz CT molecular complexity index is 780. The monoisotopic (exact) mass is 366 g/mol. The lowest BCUT2D eigenvalue weighted by Crippen LogP contribution is -2.55. The van der Waals surface area contributed by atoms with Crippen LogP contribution < -0.4 is 0 Å². The molecule has 3 aliphatic heterocycles. The third-order valence-corrected chi connectivity index (χ3v) is 5.06. The van der Waals surface area contributed by atoms with Crippen molar-refractivity contribution < 1.29 is 23.2 Å². The lowest BCUT2D eigenvalue weighted by atomic mass is 10.1. The second-order valence-corrected chi connectivity index (χ2v) is 6.64. The standard InChI is InChI=1S/C17H17F3N4O2/c18-17(19,20)12-4-1-3-11(7-12)15(25)22-9-14-8-13(22)10-23(14)16-21-5-2-6-24(16)26/h1-7,13-14,16,26H,8-10H2/t13-,14-,16?/m0/s1. The summed E-state index contributed by atoms with van der Waals surface area (Å²) in [6, 6.07) is 4.43. The van der Waals surface area contributed by atoms with Crippen LogP contribution in [0.2, 0.25) is 0 Å². The van der Waals surface area contributed by atoms with Crippen molar-refractivity contribution in [1.29, 1.82) is 0 Å². The number of amides is 1. The van der Waals surface area contributed by atoms with Crippen LogP contribution >= 0.6 is 0 Å². The number of alkyl halides is 3. The molecule has 2 saturated heterocycles. The minimum Gasteiger partial charge on any atom is -0.333 e. The highest BCUT2D eigenvalue weighted by Gasteiger charge is 2.48. The Kier molecular flexibility index (Phi) is 4.00. The fraction of sp³-hybridized carbons (Fsp3) is 0.412. The second-order valence-electron chi connectivity index (χ2n) is 6.64. The largest absolute Gasteiger partial charge is 0.416 e. The summed E-state index contributed by atoms with van der Waals surface area (Å²) in [5.41, 5.74) is -0.782. The fourth-order valence-corrected chi connectivity index (χ4v) is 3.86. The maximum atomic E-state index is 12.9. The predicted molar refractivity (Wildman–Crippen MR) is 86.4 cm³/mol. The molecular weight excluding hydrogens is 349 g/mol. The first-order valence-electron chi connectivity index (χ1n) is 8.26. The molecule has 26 heavy (non-hydrogen) atoms. The molecule has 3 heterocycles. The zero-order valence-corrected chi connectivity index (χ0v) is 13.7. The van der Waals surface area contributed by atoms with Crippen molar-refractivity contribution >= 4 is 12.1 Å². The number of fused-ring (bicyclic) bond motifs is 2. The number of carbonyl (C=O) groups is 1. The van der Waals surface area contributed by atoms with Crippen molar-refractivity contribution in [3.8, 4) is 0 Å². The van der Waals surface area contributed by atoms with E-state index in [9.17, 15) is 23.2 Å². The summed E-state index contributed by atoms with van der Waals surface area (Å²) in [7, 11) is 0. The predicted octanol–water partition coefficient (Wildman–Crippen LogP) is 2.18. The van der Waals surface area contributed by atoms with Gasteiger partial charge in [0.1, 0.15) is 0 Å². The molecule has 138 valence electrons. The number of hydrogen-bond donors (Lipinski definition) is 1. The summed E-state index contributed by atoms with van der Waals surface area (Å²) >= 11 is 0. The summed E-state index contributed by atoms with van der Waals surface area (Å²) in [6.07, 6.45) is 0.446. The van der Waals surface area contributed by atoms with Crippen LogP contribution in [0, 0.1) is 0 Å². The van der Waals surface area contributed by atoms with Crippen LogP contribution in [-0.4, -0.2) is 63.7 Å². The molecule has 4 rings (SSSR count). The zero-order valence-electron chi connectivity index (χ0n) is 13.7. The van der Waals surface area contributed by atoms with Crippen LogP contribution in [-0.2, 0) is 6.18 Å². The van der Waals surface area contributed by atoms with Crippen molar-refractivity contribution in [1.82, 2.24) is 14.9 Å². The van der Waals surface area contributed by atoms with Crippen LogP contribution in [0.1, 0.15) is 22.3 Å². The Labute approximate surface area is 147 Å². The van der Waals surface area contributed by atoms with Crippen molar-refractivity contribution in [3.63, 3.8) is 0 Å². The maximum Gasteiger partial charge on any atom is 0.416 e. The number of piperazine rings is 1. The number of allylic oxidation sites excluding steroid dienone is 1. The Morgan fingerprint density at radius 1 is 1.23 bits per heavy atom. The minimum absolute atomic E-state index is 0.0121. The van der Waals surface area contributed by atoms with Gasteiger partial charge in [0.05, 0.1) is 5.56 Å². The Hall–Kier alpha value is -2.39. The molecule has 3 aliphatic rings. The molecule has 0 aliphatic carbocycles. The van der Waals surface area contributed by atoms with E-state index in [-0.39, 0.29) is 17.6 Å². The first kappa shape index (κ1) is 17.0. The van der Waals surface area contributed by atoms with Gasteiger partial charge in [0.2, 0.25) is 6.29 Å². The van der Waals surface area contributed by atoms with E-state index < -0.39 is 23.9 Å². The molecule has 0 saturated carbocycles. The summed E-state index contributed by atoms with van der Waals surface area (Å²) < 4.78 is 38.6. The van der Waals surface area contributed by atoms with Crippen molar-refractivity contribution in [3.05, 3.63) is 47.7 Å². The van der Waals surface area contributed by atoms with Gasteiger partial charge < -0.3 is 4.90 Å². The van der Waals surface area contributed by atoms with Gasteiger partial charge in [-0.1, -0.05) is 6.07 Å². The normalized spacial score (nSPS) is 28.2. The maximum absolute atomic E-state index is 12.9. The highest BCUT2D eigenvalue weighted by atomic mass is 19.4. The smallest absolute Gasteiger partial charge is 0.333 e. The topological polar surface area (TPSA) is 59.4 Å². The van der Waals surface area contributed by atoms with Gasteiger partial charge in [-0.25, -0.2) is 5.06 Å². The SMILES string of the molecule is O=C(c1cccc(C(F)(F)F)c1)N1C[C@@H]2C[C@H]1CN2C1N=CC=CN1O. The third-order valence-electron chi connectivity index (χ3n) is 5.06. The molecule has 9 heteroatoms. The Morgan fingerprint density at radius 3 is 2.69 bits per heavy atom. The molecule has 0 spiro atoms. The van der Waals surface area contributed by atoms with E-state index in [0.717, 1.165) is 17.2 Å². The molecule has 1 amide bonds. The molecule has 1 N–H and O–H groups in total. The summed E-state index contributed by atoms with van der Waals surface area (Å²) in [5.74, 6) is -0.392. The van der Waals surface area contributed by atoms with Crippen LogP contribution in [0.25, 0.3) is 0 Å². The Morgan fingerprint density at radius 2 is 2.04 bits per heavy atom. The molecule has 0 aromatic heterocycles. The van der Waals surface area contributed by atoms with Crippen LogP contribution in [0.15, 0.2) is 41.5 Å². The molecule has 3 atom stereocenters. The first-order chi connectivity index (χ1) is 12.3. The van der Waals surface area contributed by atoms with Gasteiger partial charge in [0.25, 0.3) is 5.91 Å². The molecular formula is C17H17F3N4O2.